The smallest absolute Gasteiger partial charge is 0.243 e. The lowest BCUT2D eigenvalue weighted by Gasteiger charge is -2.13. The van der Waals surface area contributed by atoms with Crippen LogP contribution in [0.15, 0.2) is 17.3 Å². The number of anilines is 1. The molecule has 0 radical (unpaired) electrons. The molecule has 1 saturated carbocycles. The molecule has 0 aliphatic heterocycles. The van der Waals surface area contributed by atoms with Crippen LogP contribution in [0.4, 0.5) is 5.95 Å². The van der Waals surface area contributed by atoms with Gasteiger partial charge in [-0.25, -0.2) is 23.1 Å². The second-order valence-electron chi connectivity index (χ2n) is 5.37. The Labute approximate surface area is 120 Å². The number of aromatic nitrogens is 2. The molecule has 1 fully saturated rings. The average molecular weight is 298 g/mol. The molecule has 1 heterocycles. The van der Waals surface area contributed by atoms with Crippen molar-refractivity contribution in [3.8, 4) is 0 Å². The number of hydrogen-bond donors (Lipinski definition) is 2. The van der Waals surface area contributed by atoms with Gasteiger partial charge in [0, 0.05) is 12.6 Å². The van der Waals surface area contributed by atoms with Gasteiger partial charge in [-0.05, 0) is 25.7 Å². The van der Waals surface area contributed by atoms with Crippen molar-refractivity contribution in [2.45, 2.75) is 50.5 Å². The van der Waals surface area contributed by atoms with Crippen molar-refractivity contribution >= 4 is 16.0 Å². The third-order valence-electron chi connectivity index (χ3n) is 3.21. The Kier molecular flexibility index (Phi) is 4.93. The fraction of sp³-hybridized carbons (Fsp3) is 0.692. The summed E-state index contributed by atoms with van der Waals surface area (Å²) >= 11 is 0. The third kappa shape index (κ3) is 4.42. The van der Waals surface area contributed by atoms with Crippen LogP contribution >= 0.6 is 0 Å². The number of nitrogens with zero attached hydrogens (tertiary/aromatic N) is 2. The summed E-state index contributed by atoms with van der Waals surface area (Å²) in [5, 5.41) is 3.01. The molecule has 0 saturated heterocycles. The minimum absolute atomic E-state index is 0.0506. The van der Waals surface area contributed by atoms with Gasteiger partial charge >= 0.3 is 0 Å². The molecule has 1 aromatic heterocycles. The molecule has 1 aliphatic carbocycles. The molecule has 6 nitrogen and oxygen atoms in total. The van der Waals surface area contributed by atoms with E-state index in [1.54, 1.807) is 0 Å². The van der Waals surface area contributed by atoms with Crippen LogP contribution in [0.2, 0.25) is 0 Å². The first-order chi connectivity index (χ1) is 9.51. The highest BCUT2D eigenvalue weighted by molar-refractivity contribution is 7.89. The van der Waals surface area contributed by atoms with Crippen LogP contribution in [0.25, 0.3) is 0 Å². The fourth-order valence-corrected chi connectivity index (χ4v) is 3.16. The molecule has 20 heavy (non-hydrogen) atoms. The summed E-state index contributed by atoms with van der Waals surface area (Å²) < 4.78 is 27.0. The van der Waals surface area contributed by atoms with Gasteiger partial charge in [0.1, 0.15) is 4.90 Å². The van der Waals surface area contributed by atoms with E-state index in [4.69, 9.17) is 0 Å². The lowest BCUT2D eigenvalue weighted by molar-refractivity contribution is 0.529. The first kappa shape index (κ1) is 15.2. The lowest BCUT2D eigenvalue weighted by Crippen LogP contribution is -2.33. The van der Waals surface area contributed by atoms with Crippen molar-refractivity contribution in [2.75, 3.05) is 11.9 Å². The van der Waals surface area contributed by atoms with Gasteiger partial charge in [0.15, 0.2) is 0 Å². The fourth-order valence-electron chi connectivity index (χ4n) is 2.02. The van der Waals surface area contributed by atoms with Crippen LogP contribution in [0.5, 0.6) is 0 Å². The number of sulfonamides is 1. The lowest BCUT2D eigenvalue weighted by atomic mass is 10.2. The maximum absolute atomic E-state index is 12.2. The second kappa shape index (κ2) is 6.49. The second-order valence-corrected chi connectivity index (χ2v) is 7.08. The molecule has 0 aromatic carbocycles. The minimum atomic E-state index is -3.52. The number of hydrogen-bond acceptors (Lipinski definition) is 5. The van der Waals surface area contributed by atoms with E-state index in [1.165, 1.54) is 25.2 Å². The van der Waals surface area contributed by atoms with Crippen LogP contribution in [0, 0.1) is 5.92 Å². The van der Waals surface area contributed by atoms with Crippen molar-refractivity contribution < 1.29 is 8.42 Å². The summed E-state index contributed by atoms with van der Waals surface area (Å²) in [6.45, 7) is 4.70. The van der Waals surface area contributed by atoms with E-state index in [9.17, 15) is 8.42 Å². The minimum Gasteiger partial charge on any atom is -0.354 e. The highest BCUT2D eigenvalue weighted by Gasteiger charge is 2.26. The van der Waals surface area contributed by atoms with Gasteiger partial charge in [-0.1, -0.05) is 19.8 Å². The first-order valence-electron chi connectivity index (χ1n) is 7.09. The molecule has 0 bridgehead atoms. The standard InChI is InChI=1S/C13H22N4O2S/c1-3-6-14-13-15-8-12(9-16-13)20(18,19)17-10(2)7-11-4-5-11/h8-11,17H,3-7H2,1-2H3,(H,14,15,16). The highest BCUT2D eigenvalue weighted by atomic mass is 32.2. The van der Waals surface area contributed by atoms with Crippen molar-refractivity contribution in [1.29, 1.82) is 0 Å². The van der Waals surface area contributed by atoms with Crippen LogP contribution in [0.1, 0.15) is 39.5 Å². The van der Waals surface area contributed by atoms with Crippen molar-refractivity contribution in [2.24, 2.45) is 5.92 Å². The van der Waals surface area contributed by atoms with Crippen molar-refractivity contribution in [1.82, 2.24) is 14.7 Å². The molecule has 112 valence electrons. The van der Waals surface area contributed by atoms with E-state index in [0.29, 0.717) is 11.9 Å². The Morgan fingerprint density at radius 2 is 2.00 bits per heavy atom. The summed E-state index contributed by atoms with van der Waals surface area (Å²) in [5.41, 5.74) is 0. The summed E-state index contributed by atoms with van der Waals surface area (Å²) in [6.07, 6.45) is 6.98. The third-order valence-corrected chi connectivity index (χ3v) is 4.76. The maximum Gasteiger partial charge on any atom is 0.243 e. The molecule has 1 unspecified atom stereocenters. The summed E-state index contributed by atoms with van der Waals surface area (Å²) in [6, 6.07) is -0.0506. The Bertz CT molecular complexity index is 526. The summed E-state index contributed by atoms with van der Waals surface area (Å²) in [5.74, 6) is 1.14. The Morgan fingerprint density at radius 1 is 1.35 bits per heavy atom. The quantitative estimate of drug-likeness (QED) is 0.764. The normalized spacial score (nSPS) is 16.9. The zero-order chi connectivity index (χ0) is 14.6. The van der Waals surface area contributed by atoms with Gasteiger partial charge in [-0.3, -0.25) is 0 Å². The molecular formula is C13H22N4O2S. The molecular weight excluding hydrogens is 276 g/mol. The van der Waals surface area contributed by atoms with E-state index in [0.717, 1.165) is 19.4 Å². The van der Waals surface area contributed by atoms with Gasteiger partial charge in [0.25, 0.3) is 0 Å². The van der Waals surface area contributed by atoms with Crippen LogP contribution in [-0.2, 0) is 10.0 Å². The largest absolute Gasteiger partial charge is 0.354 e. The van der Waals surface area contributed by atoms with Gasteiger partial charge in [0.2, 0.25) is 16.0 Å². The van der Waals surface area contributed by atoms with E-state index in [1.807, 2.05) is 13.8 Å². The van der Waals surface area contributed by atoms with Gasteiger partial charge < -0.3 is 5.32 Å². The summed E-state index contributed by atoms with van der Waals surface area (Å²) in [7, 11) is -3.52. The Balaban J connectivity index is 1.97. The monoisotopic (exact) mass is 298 g/mol. The van der Waals surface area contributed by atoms with Crippen LogP contribution in [-0.4, -0.2) is 31.0 Å². The molecule has 1 atom stereocenters. The van der Waals surface area contributed by atoms with Crippen molar-refractivity contribution in [3.05, 3.63) is 12.4 Å². The maximum atomic E-state index is 12.2. The zero-order valence-electron chi connectivity index (χ0n) is 12.0. The predicted molar refractivity (Wildman–Crippen MR) is 77.9 cm³/mol. The molecule has 7 heteroatoms. The zero-order valence-corrected chi connectivity index (χ0v) is 12.8. The number of nitrogens with one attached hydrogen (secondary N) is 2. The Morgan fingerprint density at radius 3 is 2.55 bits per heavy atom. The van der Waals surface area contributed by atoms with E-state index in [-0.39, 0.29) is 10.9 Å². The molecule has 1 aromatic rings. The van der Waals surface area contributed by atoms with Gasteiger partial charge in [-0.2, -0.15) is 0 Å². The first-order valence-corrected chi connectivity index (χ1v) is 8.58. The number of rotatable bonds is 8. The van der Waals surface area contributed by atoms with E-state index in [2.05, 4.69) is 20.0 Å². The summed E-state index contributed by atoms with van der Waals surface area (Å²) in [4.78, 5) is 8.16. The Hall–Kier alpha value is -1.21. The SMILES string of the molecule is CCCNc1ncc(S(=O)(=O)NC(C)CC2CC2)cn1. The van der Waals surface area contributed by atoms with E-state index >= 15 is 0 Å². The van der Waals surface area contributed by atoms with E-state index < -0.39 is 10.0 Å². The van der Waals surface area contributed by atoms with Gasteiger partial charge in [-0.15, -0.1) is 0 Å². The highest BCUT2D eigenvalue weighted by Crippen LogP contribution is 2.33. The van der Waals surface area contributed by atoms with Gasteiger partial charge in [0.05, 0.1) is 12.4 Å². The molecule has 2 N–H and O–H groups in total. The van der Waals surface area contributed by atoms with Crippen LogP contribution in [0.3, 0.4) is 0 Å². The predicted octanol–water partition coefficient (Wildman–Crippen LogP) is 1.77. The van der Waals surface area contributed by atoms with Crippen molar-refractivity contribution in [3.63, 3.8) is 0 Å². The molecule has 0 amide bonds. The van der Waals surface area contributed by atoms with Crippen LogP contribution < -0.4 is 10.0 Å². The molecule has 1 aliphatic rings. The molecule has 0 spiro atoms. The topological polar surface area (TPSA) is 84.0 Å². The molecule has 2 rings (SSSR count). The average Bonchev–Trinajstić information content (AvgIpc) is 3.20.